The van der Waals surface area contributed by atoms with Crippen LogP contribution in [0.5, 0.6) is 0 Å². The molecule has 3 heterocycles. The Morgan fingerprint density at radius 2 is 1.95 bits per heavy atom. The molecule has 0 radical (unpaired) electrons. The van der Waals surface area contributed by atoms with Crippen LogP contribution in [0.25, 0.3) is 5.00 Å². The number of amides is 1. The van der Waals surface area contributed by atoms with E-state index in [0.717, 1.165) is 53.2 Å². The first-order chi connectivity index (χ1) is 18.2. The van der Waals surface area contributed by atoms with Crippen LogP contribution >= 0.6 is 22.9 Å². The molecule has 0 bridgehead atoms. The second-order valence-electron chi connectivity index (χ2n) is 9.63. The standard InChI is InChI=1S/C27H28ClN5O3S2/c1-17-14-19(18(2)33(17)27-23(15-29)22-6-3-4-8-25(22)37-27)16-30-31-26(34)24-7-5-13-32(24)38(35,36)21-11-9-20(28)10-12-21/h9-12,14,16,24H,3-8,13H2,1-2H3,(H,31,34)/b30-16-/t24-/m0/s1. The number of hydrogen-bond acceptors (Lipinski definition) is 6. The molecule has 0 spiro atoms. The summed E-state index contributed by atoms with van der Waals surface area (Å²) in [7, 11) is -3.84. The first-order valence-electron chi connectivity index (χ1n) is 12.6. The molecular weight excluding hydrogens is 542 g/mol. The fourth-order valence-corrected chi connectivity index (χ4v) is 8.56. The second-order valence-corrected chi connectivity index (χ2v) is 13.0. The molecule has 1 N–H and O–H groups in total. The number of sulfonamides is 1. The number of halogens is 1. The van der Waals surface area contributed by atoms with Crippen LogP contribution in [-0.2, 0) is 27.7 Å². The number of thiophene rings is 1. The molecule has 38 heavy (non-hydrogen) atoms. The van der Waals surface area contributed by atoms with E-state index in [1.165, 1.54) is 39.0 Å². The lowest BCUT2D eigenvalue weighted by Gasteiger charge is -2.22. The number of aromatic nitrogens is 1. The van der Waals surface area contributed by atoms with Crippen molar-refractivity contribution in [1.29, 1.82) is 5.26 Å². The zero-order valence-electron chi connectivity index (χ0n) is 21.2. The van der Waals surface area contributed by atoms with E-state index < -0.39 is 22.0 Å². The van der Waals surface area contributed by atoms with Gasteiger partial charge < -0.3 is 4.57 Å². The summed E-state index contributed by atoms with van der Waals surface area (Å²) < 4.78 is 29.6. The maximum absolute atomic E-state index is 13.1. The van der Waals surface area contributed by atoms with E-state index >= 15 is 0 Å². The molecule has 198 valence electrons. The number of carbonyl (C=O) groups excluding carboxylic acids is 1. The Kier molecular flexibility index (Phi) is 7.47. The summed E-state index contributed by atoms with van der Waals surface area (Å²) in [5.74, 6) is -0.470. The predicted octanol–water partition coefficient (Wildman–Crippen LogP) is 4.86. The third-order valence-electron chi connectivity index (χ3n) is 7.24. The van der Waals surface area contributed by atoms with Gasteiger partial charge in [0.05, 0.1) is 16.7 Å². The SMILES string of the molecule is Cc1cc(/C=N\NC(=O)[C@@H]2CCCN2S(=O)(=O)c2ccc(Cl)cc2)c(C)n1-c1sc2c(c1C#N)CCCC2. The molecule has 8 nitrogen and oxygen atoms in total. The highest BCUT2D eigenvalue weighted by Gasteiger charge is 2.39. The van der Waals surface area contributed by atoms with Gasteiger partial charge in [0.15, 0.2) is 0 Å². The second kappa shape index (κ2) is 10.7. The van der Waals surface area contributed by atoms with Crippen molar-refractivity contribution in [3.8, 4) is 11.1 Å². The number of nitrogens with one attached hydrogen (secondary N) is 1. The summed E-state index contributed by atoms with van der Waals surface area (Å²) in [6, 6.07) is 9.49. The van der Waals surface area contributed by atoms with Crippen LogP contribution in [0, 0.1) is 25.2 Å². The Morgan fingerprint density at radius 3 is 2.68 bits per heavy atom. The van der Waals surface area contributed by atoms with Gasteiger partial charge in [0.25, 0.3) is 5.91 Å². The molecule has 1 aliphatic carbocycles. The van der Waals surface area contributed by atoms with Gasteiger partial charge in [-0.25, -0.2) is 13.8 Å². The number of nitriles is 1. The largest absolute Gasteiger partial charge is 0.308 e. The molecule has 1 aliphatic heterocycles. The highest BCUT2D eigenvalue weighted by molar-refractivity contribution is 7.89. The minimum Gasteiger partial charge on any atom is -0.308 e. The number of rotatable bonds is 6. The first-order valence-corrected chi connectivity index (χ1v) is 15.2. The van der Waals surface area contributed by atoms with Crippen LogP contribution < -0.4 is 5.43 Å². The Bertz CT molecular complexity index is 1570. The maximum Gasteiger partial charge on any atom is 0.258 e. The van der Waals surface area contributed by atoms with E-state index in [0.29, 0.717) is 17.9 Å². The van der Waals surface area contributed by atoms with Gasteiger partial charge in [0, 0.05) is 33.4 Å². The van der Waals surface area contributed by atoms with E-state index in [1.54, 1.807) is 17.6 Å². The molecule has 1 fully saturated rings. The van der Waals surface area contributed by atoms with Crippen molar-refractivity contribution < 1.29 is 13.2 Å². The maximum atomic E-state index is 13.1. The number of aryl methyl sites for hydroxylation is 2. The number of hydrazone groups is 1. The van der Waals surface area contributed by atoms with E-state index in [4.69, 9.17) is 11.6 Å². The monoisotopic (exact) mass is 569 g/mol. The van der Waals surface area contributed by atoms with Crippen LogP contribution in [0.2, 0.25) is 5.02 Å². The Balaban J connectivity index is 1.34. The fraction of sp³-hybridized carbons (Fsp3) is 0.370. The molecule has 5 rings (SSSR count). The summed E-state index contributed by atoms with van der Waals surface area (Å²) in [6.45, 7) is 4.22. The van der Waals surface area contributed by atoms with Gasteiger partial charge >= 0.3 is 0 Å². The molecule has 1 saturated heterocycles. The normalized spacial score (nSPS) is 18.0. The minimum atomic E-state index is -3.84. The van der Waals surface area contributed by atoms with Gasteiger partial charge in [-0.2, -0.15) is 14.7 Å². The molecule has 3 aromatic rings. The van der Waals surface area contributed by atoms with Crippen molar-refractivity contribution in [2.75, 3.05) is 6.54 Å². The van der Waals surface area contributed by atoms with Gasteiger partial charge in [0.2, 0.25) is 10.0 Å². The van der Waals surface area contributed by atoms with Crippen LogP contribution in [0.4, 0.5) is 0 Å². The lowest BCUT2D eigenvalue weighted by atomic mass is 9.96. The average Bonchev–Trinajstić information content (AvgIpc) is 3.60. The van der Waals surface area contributed by atoms with Crippen molar-refractivity contribution >= 4 is 45.1 Å². The van der Waals surface area contributed by atoms with E-state index in [9.17, 15) is 18.5 Å². The Morgan fingerprint density at radius 1 is 1.21 bits per heavy atom. The van der Waals surface area contributed by atoms with Crippen molar-refractivity contribution in [2.24, 2.45) is 5.10 Å². The van der Waals surface area contributed by atoms with Crippen LogP contribution in [0.15, 0.2) is 40.3 Å². The van der Waals surface area contributed by atoms with Gasteiger partial charge in [0.1, 0.15) is 17.1 Å². The van der Waals surface area contributed by atoms with Gasteiger partial charge in [-0.3, -0.25) is 4.79 Å². The number of hydrogen-bond donors (Lipinski definition) is 1. The summed E-state index contributed by atoms with van der Waals surface area (Å²) in [6.07, 6.45) is 6.80. The molecule has 1 amide bonds. The molecule has 2 aromatic heterocycles. The lowest BCUT2D eigenvalue weighted by Crippen LogP contribution is -2.44. The van der Waals surface area contributed by atoms with E-state index in [-0.39, 0.29) is 11.4 Å². The van der Waals surface area contributed by atoms with Gasteiger partial charge in [-0.1, -0.05) is 11.6 Å². The summed E-state index contributed by atoms with van der Waals surface area (Å²) >= 11 is 7.59. The average molecular weight is 570 g/mol. The minimum absolute atomic E-state index is 0.101. The van der Waals surface area contributed by atoms with Crippen LogP contribution in [0.1, 0.15) is 58.6 Å². The van der Waals surface area contributed by atoms with Crippen molar-refractivity contribution in [1.82, 2.24) is 14.3 Å². The highest BCUT2D eigenvalue weighted by atomic mass is 35.5. The quantitative estimate of drug-likeness (QED) is 0.338. The molecule has 2 aliphatic rings. The molecule has 0 saturated carbocycles. The number of carbonyl (C=O) groups is 1. The molecule has 0 unspecified atom stereocenters. The van der Waals surface area contributed by atoms with E-state index in [2.05, 4.69) is 21.2 Å². The van der Waals surface area contributed by atoms with Gasteiger partial charge in [-0.05, 0) is 88.3 Å². The van der Waals surface area contributed by atoms with E-state index in [1.807, 2.05) is 19.9 Å². The number of fused-ring (bicyclic) bond motifs is 1. The zero-order valence-corrected chi connectivity index (χ0v) is 23.6. The molecule has 11 heteroatoms. The number of benzene rings is 1. The summed E-state index contributed by atoms with van der Waals surface area (Å²) in [4.78, 5) is 14.4. The van der Waals surface area contributed by atoms with Crippen molar-refractivity contribution in [2.45, 2.75) is 63.3 Å². The third kappa shape index (κ3) is 4.80. The van der Waals surface area contributed by atoms with Crippen molar-refractivity contribution in [3.63, 3.8) is 0 Å². The summed E-state index contributed by atoms with van der Waals surface area (Å²) in [5.41, 5.74) is 7.19. The Hall–Kier alpha value is -2.97. The number of nitrogens with zero attached hydrogens (tertiary/aromatic N) is 4. The van der Waals surface area contributed by atoms with Crippen LogP contribution in [0.3, 0.4) is 0 Å². The predicted molar refractivity (Wildman–Crippen MR) is 149 cm³/mol. The van der Waals surface area contributed by atoms with Crippen molar-refractivity contribution in [3.05, 3.63) is 68.3 Å². The third-order valence-corrected chi connectivity index (χ3v) is 10.7. The summed E-state index contributed by atoms with van der Waals surface area (Å²) in [5, 5.41) is 15.4. The highest BCUT2D eigenvalue weighted by Crippen LogP contribution is 2.38. The Labute approximate surface area is 231 Å². The molecule has 1 aromatic carbocycles. The topological polar surface area (TPSA) is 108 Å². The fourth-order valence-electron chi connectivity index (χ4n) is 5.33. The smallest absolute Gasteiger partial charge is 0.258 e. The molecular formula is C27H28ClN5O3S2. The zero-order chi connectivity index (χ0) is 27.0. The first kappa shape index (κ1) is 26.6. The lowest BCUT2D eigenvalue weighted by molar-refractivity contribution is -0.124. The van der Waals surface area contributed by atoms with Gasteiger partial charge in [-0.15, -0.1) is 11.3 Å². The van der Waals surface area contributed by atoms with Crippen LogP contribution in [-0.4, -0.2) is 42.0 Å². The molecule has 1 atom stereocenters.